The summed E-state index contributed by atoms with van der Waals surface area (Å²) in [6.07, 6.45) is 0.780. The Bertz CT molecular complexity index is 1290. The smallest absolute Gasteiger partial charge is 0.262 e. The van der Waals surface area contributed by atoms with Crippen molar-refractivity contribution in [3.8, 4) is 11.5 Å². The highest BCUT2D eigenvalue weighted by Crippen LogP contribution is 2.30. The Morgan fingerprint density at radius 1 is 0.719 bits per heavy atom. The second kappa shape index (κ2) is 9.49. The van der Waals surface area contributed by atoms with E-state index < -0.39 is 20.0 Å². The molecule has 0 aliphatic heterocycles. The molecule has 0 saturated carbocycles. The molecule has 0 saturated heterocycles. The van der Waals surface area contributed by atoms with Crippen molar-refractivity contribution in [2.75, 3.05) is 23.7 Å². The monoisotopic (exact) mass is 476 g/mol. The van der Waals surface area contributed by atoms with Crippen LogP contribution in [0.1, 0.15) is 12.5 Å². The van der Waals surface area contributed by atoms with E-state index in [1.165, 1.54) is 44.6 Å². The van der Waals surface area contributed by atoms with E-state index in [4.69, 9.17) is 9.47 Å². The summed E-state index contributed by atoms with van der Waals surface area (Å²) in [6.45, 7) is 1.97. The molecular formula is C22H24N2O6S2. The van der Waals surface area contributed by atoms with E-state index in [2.05, 4.69) is 9.44 Å². The largest absolute Gasteiger partial charge is 0.497 e. The van der Waals surface area contributed by atoms with E-state index in [9.17, 15) is 16.8 Å². The first-order valence-electron chi connectivity index (χ1n) is 9.65. The van der Waals surface area contributed by atoms with E-state index in [0.717, 1.165) is 12.0 Å². The van der Waals surface area contributed by atoms with Crippen LogP contribution >= 0.6 is 0 Å². The number of nitrogens with one attached hydrogen (secondary N) is 2. The molecule has 0 spiro atoms. The molecule has 0 fully saturated rings. The van der Waals surface area contributed by atoms with Crippen LogP contribution in [0.2, 0.25) is 0 Å². The van der Waals surface area contributed by atoms with Gasteiger partial charge in [-0.1, -0.05) is 19.1 Å². The Hall–Kier alpha value is -3.24. The average molecular weight is 477 g/mol. The third-order valence-electron chi connectivity index (χ3n) is 4.71. The summed E-state index contributed by atoms with van der Waals surface area (Å²) >= 11 is 0. The molecule has 3 aromatic carbocycles. The molecular weight excluding hydrogens is 452 g/mol. The van der Waals surface area contributed by atoms with Gasteiger partial charge in [0.05, 0.1) is 29.7 Å². The predicted molar refractivity (Wildman–Crippen MR) is 123 cm³/mol. The Labute approximate surface area is 188 Å². The van der Waals surface area contributed by atoms with Crippen molar-refractivity contribution < 1.29 is 26.3 Å². The number of methoxy groups -OCH3 is 2. The molecule has 32 heavy (non-hydrogen) atoms. The highest BCUT2D eigenvalue weighted by Gasteiger charge is 2.21. The Morgan fingerprint density at radius 3 is 1.88 bits per heavy atom. The lowest BCUT2D eigenvalue weighted by atomic mass is 10.2. The lowest BCUT2D eigenvalue weighted by Crippen LogP contribution is -2.16. The standard InChI is InChI=1S/C22H24N2O6S2/c1-4-16-5-11-19(12-6-16)31(25,26)24-21-15-20(13-14-22(21)30-3)32(27,28)23-17-7-9-18(29-2)10-8-17/h5-15,23-24H,4H2,1-3H3. The molecule has 10 heteroatoms. The van der Waals surface area contributed by atoms with Crippen LogP contribution in [0.4, 0.5) is 11.4 Å². The fraction of sp³-hybridized carbons (Fsp3) is 0.182. The number of hydrogen-bond donors (Lipinski definition) is 2. The van der Waals surface area contributed by atoms with Gasteiger partial charge in [-0.3, -0.25) is 9.44 Å². The third-order valence-corrected chi connectivity index (χ3v) is 7.47. The van der Waals surface area contributed by atoms with Gasteiger partial charge in [0.2, 0.25) is 0 Å². The van der Waals surface area contributed by atoms with E-state index in [1.807, 2.05) is 6.92 Å². The molecule has 0 unspecified atom stereocenters. The van der Waals surface area contributed by atoms with Gasteiger partial charge in [-0.2, -0.15) is 0 Å². The van der Waals surface area contributed by atoms with Crippen molar-refractivity contribution in [2.45, 2.75) is 23.1 Å². The van der Waals surface area contributed by atoms with E-state index in [0.29, 0.717) is 11.4 Å². The zero-order valence-electron chi connectivity index (χ0n) is 17.8. The number of anilines is 2. The summed E-state index contributed by atoms with van der Waals surface area (Å²) in [6, 6.07) is 16.7. The molecule has 170 valence electrons. The number of rotatable bonds is 9. The van der Waals surface area contributed by atoms with Crippen molar-refractivity contribution in [1.29, 1.82) is 0 Å². The first kappa shape index (κ1) is 23.4. The molecule has 0 aliphatic rings. The lowest BCUT2D eigenvalue weighted by Gasteiger charge is -2.15. The fourth-order valence-corrected chi connectivity index (χ4v) is 5.06. The van der Waals surface area contributed by atoms with Crippen LogP contribution in [0, 0.1) is 0 Å². The van der Waals surface area contributed by atoms with Crippen LogP contribution in [0.5, 0.6) is 11.5 Å². The van der Waals surface area contributed by atoms with Gasteiger partial charge in [-0.05, 0) is 66.6 Å². The SMILES string of the molecule is CCc1ccc(S(=O)(=O)Nc2cc(S(=O)(=O)Nc3ccc(OC)cc3)ccc2OC)cc1. The van der Waals surface area contributed by atoms with E-state index in [1.54, 1.807) is 36.4 Å². The summed E-state index contributed by atoms with van der Waals surface area (Å²) in [5, 5.41) is 0. The number of hydrogen-bond acceptors (Lipinski definition) is 6. The molecule has 2 N–H and O–H groups in total. The third kappa shape index (κ3) is 5.32. The second-order valence-corrected chi connectivity index (χ2v) is 10.2. The van der Waals surface area contributed by atoms with Crippen molar-refractivity contribution in [3.63, 3.8) is 0 Å². The van der Waals surface area contributed by atoms with E-state index in [-0.39, 0.29) is 21.2 Å². The number of ether oxygens (including phenoxy) is 2. The molecule has 0 aliphatic carbocycles. The van der Waals surface area contributed by atoms with Crippen LogP contribution in [0.25, 0.3) is 0 Å². The quantitative estimate of drug-likeness (QED) is 0.485. The van der Waals surface area contributed by atoms with Crippen molar-refractivity contribution in [3.05, 3.63) is 72.3 Å². The van der Waals surface area contributed by atoms with Crippen LogP contribution in [-0.2, 0) is 26.5 Å². The summed E-state index contributed by atoms with van der Waals surface area (Å²) in [7, 11) is -5.07. The maximum Gasteiger partial charge on any atom is 0.262 e. The highest BCUT2D eigenvalue weighted by atomic mass is 32.2. The summed E-state index contributed by atoms with van der Waals surface area (Å²) in [4.78, 5) is -0.0745. The molecule has 3 rings (SSSR count). The van der Waals surface area contributed by atoms with E-state index >= 15 is 0 Å². The van der Waals surface area contributed by atoms with Gasteiger partial charge >= 0.3 is 0 Å². The minimum Gasteiger partial charge on any atom is -0.497 e. The van der Waals surface area contributed by atoms with Crippen LogP contribution < -0.4 is 18.9 Å². The van der Waals surface area contributed by atoms with Crippen molar-refractivity contribution >= 4 is 31.4 Å². The topological polar surface area (TPSA) is 111 Å². The van der Waals surface area contributed by atoms with Crippen molar-refractivity contribution in [1.82, 2.24) is 0 Å². The first-order valence-corrected chi connectivity index (χ1v) is 12.6. The molecule has 8 nitrogen and oxygen atoms in total. The maximum atomic E-state index is 12.9. The first-order chi connectivity index (χ1) is 15.2. The maximum absolute atomic E-state index is 12.9. The summed E-state index contributed by atoms with van der Waals surface area (Å²) in [5.41, 5.74) is 1.34. The van der Waals surface area contributed by atoms with Gasteiger partial charge in [0, 0.05) is 5.69 Å². The fourth-order valence-electron chi connectivity index (χ4n) is 2.92. The molecule has 0 aromatic heterocycles. The van der Waals surface area contributed by atoms with Crippen LogP contribution in [0.15, 0.2) is 76.5 Å². The van der Waals surface area contributed by atoms with Gasteiger partial charge in [-0.15, -0.1) is 0 Å². The van der Waals surface area contributed by atoms with Crippen LogP contribution in [0.3, 0.4) is 0 Å². The average Bonchev–Trinajstić information content (AvgIpc) is 2.79. The van der Waals surface area contributed by atoms with Crippen molar-refractivity contribution in [2.24, 2.45) is 0 Å². The van der Waals surface area contributed by atoms with Gasteiger partial charge in [0.15, 0.2) is 0 Å². The Morgan fingerprint density at radius 2 is 1.31 bits per heavy atom. The summed E-state index contributed by atoms with van der Waals surface area (Å²) < 4.78 is 66.5. The second-order valence-electron chi connectivity index (χ2n) is 6.80. The van der Waals surface area contributed by atoms with Gasteiger partial charge in [-0.25, -0.2) is 16.8 Å². The minimum absolute atomic E-state index is 0.00433. The Balaban J connectivity index is 1.91. The molecule has 0 atom stereocenters. The molecule has 3 aromatic rings. The predicted octanol–water partition coefficient (Wildman–Crippen LogP) is 3.87. The summed E-state index contributed by atoms with van der Waals surface area (Å²) in [5.74, 6) is 0.767. The molecule has 0 bridgehead atoms. The lowest BCUT2D eigenvalue weighted by molar-refractivity contribution is 0.415. The Kier molecular flexibility index (Phi) is 6.95. The molecule has 0 radical (unpaired) electrons. The molecule has 0 heterocycles. The normalized spacial score (nSPS) is 11.6. The number of aryl methyl sites for hydroxylation is 1. The van der Waals surface area contributed by atoms with Gasteiger partial charge in [0.1, 0.15) is 11.5 Å². The highest BCUT2D eigenvalue weighted by molar-refractivity contribution is 7.93. The van der Waals surface area contributed by atoms with Gasteiger partial charge < -0.3 is 9.47 Å². The zero-order chi connectivity index (χ0) is 23.4. The van der Waals surface area contributed by atoms with Gasteiger partial charge in [0.25, 0.3) is 20.0 Å². The minimum atomic E-state index is -3.99. The molecule has 0 amide bonds. The zero-order valence-corrected chi connectivity index (χ0v) is 19.5. The van der Waals surface area contributed by atoms with Crippen LogP contribution in [-0.4, -0.2) is 31.1 Å². The number of benzene rings is 3. The number of sulfonamides is 2.